The third kappa shape index (κ3) is 2.50. The normalized spacial score (nSPS) is 40.5. The molecule has 2 aliphatic heterocycles. The lowest BCUT2D eigenvalue weighted by molar-refractivity contribution is 0.111. The van der Waals surface area contributed by atoms with E-state index in [1.165, 1.54) is 71.2 Å². The van der Waals surface area contributed by atoms with Gasteiger partial charge in [0.1, 0.15) is 0 Å². The van der Waals surface area contributed by atoms with Gasteiger partial charge in [0.15, 0.2) is 0 Å². The van der Waals surface area contributed by atoms with Crippen LogP contribution in [-0.2, 0) is 0 Å². The van der Waals surface area contributed by atoms with Crippen LogP contribution >= 0.6 is 0 Å². The topological polar surface area (TPSA) is 6.48 Å². The molecule has 0 spiro atoms. The van der Waals surface area contributed by atoms with Gasteiger partial charge in [0.2, 0.25) is 0 Å². The van der Waals surface area contributed by atoms with Crippen LogP contribution in [0.1, 0.15) is 38.5 Å². The summed E-state index contributed by atoms with van der Waals surface area (Å²) in [5.41, 5.74) is 0. The van der Waals surface area contributed by atoms with Gasteiger partial charge >= 0.3 is 0 Å². The highest BCUT2D eigenvalue weighted by atomic mass is 15.2. The fourth-order valence-corrected chi connectivity index (χ4v) is 5.01. The molecule has 2 nitrogen and oxygen atoms in total. The summed E-state index contributed by atoms with van der Waals surface area (Å²) in [5, 5.41) is 0. The summed E-state index contributed by atoms with van der Waals surface area (Å²) < 4.78 is 0. The van der Waals surface area contributed by atoms with Gasteiger partial charge in [-0.25, -0.2) is 0 Å². The van der Waals surface area contributed by atoms with Crippen molar-refractivity contribution in [2.24, 2.45) is 17.8 Å². The number of rotatable bonds is 3. The Labute approximate surface area is 117 Å². The second-order valence-corrected chi connectivity index (χ2v) is 7.32. The maximum atomic E-state index is 2.77. The minimum Gasteiger partial charge on any atom is -0.303 e. The van der Waals surface area contributed by atoms with Gasteiger partial charge in [0, 0.05) is 12.6 Å². The van der Waals surface area contributed by atoms with Crippen molar-refractivity contribution < 1.29 is 0 Å². The Morgan fingerprint density at radius 3 is 2.32 bits per heavy atom. The third-order valence-corrected chi connectivity index (χ3v) is 6.12. The summed E-state index contributed by atoms with van der Waals surface area (Å²) in [6, 6.07) is 0.915. The van der Waals surface area contributed by atoms with E-state index in [0.717, 1.165) is 23.8 Å². The molecule has 19 heavy (non-hydrogen) atoms. The molecule has 2 heteroatoms. The first-order chi connectivity index (χ1) is 9.38. The average molecular weight is 260 g/mol. The van der Waals surface area contributed by atoms with Crippen molar-refractivity contribution in [3.63, 3.8) is 0 Å². The van der Waals surface area contributed by atoms with Gasteiger partial charge in [0.25, 0.3) is 0 Å². The summed E-state index contributed by atoms with van der Waals surface area (Å²) in [5.74, 6) is 2.86. The third-order valence-electron chi connectivity index (χ3n) is 6.12. The predicted octanol–water partition coefficient (Wildman–Crippen LogP) is 2.76. The average Bonchev–Trinajstić information content (AvgIpc) is 3.17. The fourth-order valence-electron chi connectivity index (χ4n) is 5.01. The van der Waals surface area contributed by atoms with E-state index >= 15 is 0 Å². The number of fused-ring (bicyclic) bond motifs is 2. The number of hydrogen-bond donors (Lipinski definition) is 0. The lowest BCUT2D eigenvalue weighted by Crippen LogP contribution is -2.45. The molecule has 0 radical (unpaired) electrons. The van der Waals surface area contributed by atoms with E-state index in [0.29, 0.717) is 0 Å². The molecule has 2 aliphatic carbocycles. The van der Waals surface area contributed by atoms with Crippen LogP contribution < -0.4 is 0 Å². The van der Waals surface area contributed by atoms with Gasteiger partial charge in [-0.15, -0.1) is 0 Å². The highest BCUT2D eigenvalue weighted by Crippen LogP contribution is 2.43. The fraction of sp³-hybridized carbons (Fsp3) is 0.882. The largest absolute Gasteiger partial charge is 0.303 e. The van der Waals surface area contributed by atoms with Gasteiger partial charge < -0.3 is 9.80 Å². The van der Waals surface area contributed by atoms with Crippen molar-refractivity contribution in [1.82, 2.24) is 9.80 Å². The van der Waals surface area contributed by atoms with Crippen LogP contribution in [0.4, 0.5) is 0 Å². The maximum Gasteiger partial charge on any atom is 0.0120 e. The molecule has 1 saturated carbocycles. The molecule has 3 atom stereocenters. The monoisotopic (exact) mass is 260 g/mol. The quantitative estimate of drug-likeness (QED) is 0.720. The Kier molecular flexibility index (Phi) is 3.40. The summed E-state index contributed by atoms with van der Waals surface area (Å²) in [7, 11) is 0. The second-order valence-electron chi connectivity index (χ2n) is 7.32. The molecule has 2 heterocycles. The van der Waals surface area contributed by atoms with Crippen LogP contribution in [0.25, 0.3) is 0 Å². The summed E-state index contributed by atoms with van der Waals surface area (Å²) in [6.45, 7) is 6.86. The number of piperidine rings is 1. The molecule has 2 saturated heterocycles. The van der Waals surface area contributed by atoms with E-state index in [-0.39, 0.29) is 0 Å². The van der Waals surface area contributed by atoms with Crippen LogP contribution in [-0.4, -0.2) is 48.6 Å². The number of hydrogen-bond acceptors (Lipinski definition) is 2. The lowest BCUT2D eigenvalue weighted by atomic mass is 9.92. The minimum absolute atomic E-state index is 0.915. The van der Waals surface area contributed by atoms with Crippen molar-refractivity contribution >= 4 is 0 Å². The van der Waals surface area contributed by atoms with Crippen molar-refractivity contribution in [3.8, 4) is 0 Å². The Balaban J connectivity index is 1.25. The second kappa shape index (κ2) is 5.21. The van der Waals surface area contributed by atoms with Gasteiger partial charge in [-0.3, -0.25) is 0 Å². The Morgan fingerprint density at radius 2 is 1.68 bits per heavy atom. The van der Waals surface area contributed by atoms with Crippen molar-refractivity contribution in [3.05, 3.63) is 12.2 Å². The van der Waals surface area contributed by atoms with Crippen LogP contribution in [0.15, 0.2) is 12.2 Å². The molecule has 0 aromatic carbocycles. The molecule has 0 N–H and O–H groups in total. The van der Waals surface area contributed by atoms with Crippen molar-refractivity contribution in [1.29, 1.82) is 0 Å². The van der Waals surface area contributed by atoms with Gasteiger partial charge in [-0.1, -0.05) is 12.2 Å². The molecule has 2 bridgehead atoms. The Hall–Kier alpha value is -0.340. The smallest absolute Gasteiger partial charge is 0.0120 e. The molecular formula is C17H28N2. The molecule has 4 aliphatic rings. The van der Waals surface area contributed by atoms with Gasteiger partial charge in [-0.2, -0.15) is 0 Å². The standard InChI is InChI=1S/C17H28N2/c1-2-8-19(7-1)17-5-9-18(10-6-17)13-16-12-14-3-4-15(16)11-14/h3-4,14-17H,1-2,5-13H2/t14-,15+,16+/m0/s1. The van der Waals surface area contributed by atoms with E-state index in [2.05, 4.69) is 22.0 Å². The first kappa shape index (κ1) is 12.4. The first-order valence-corrected chi connectivity index (χ1v) is 8.53. The van der Waals surface area contributed by atoms with Gasteiger partial charge in [0.05, 0.1) is 0 Å². The lowest BCUT2D eigenvalue weighted by Gasteiger charge is -2.38. The Morgan fingerprint density at radius 1 is 0.895 bits per heavy atom. The molecule has 0 amide bonds. The van der Waals surface area contributed by atoms with Crippen LogP contribution in [0.5, 0.6) is 0 Å². The molecular weight excluding hydrogens is 232 g/mol. The SMILES string of the molecule is C1=C[C@@H]2C[C@H]1C[C@@H]2CN1CCC(N2CCCC2)CC1. The van der Waals surface area contributed by atoms with E-state index in [1.807, 2.05) is 0 Å². The molecule has 0 aromatic heterocycles. The molecule has 106 valence electrons. The zero-order valence-electron chi connectivity index (χ0n) is 12.1. The van der Waals surface area contributed by atoms with E-state index in [4.69, 9.17) is 0 Å². The Bertz CT molecular complexity index is 337. The highest BCUT2D eigenvalue weighted by Gasteiger charge is 2.37. The number of allylic oxidation sites excluding steroid dienone is 2. The molecule has 0 aromatic rings. The number of nitrogens with zero attached hydrogens (tertiary/aromatic N) is 2. The maximum absolute atomic E-state index is 2.77. The summed E-state index contributed by atoms with van der Waals surface area (Å²) in [6.07, 6.45) is 13.7. The van der Waals surface area contributed by atoms with Crippen LogP contribution in [0.3, 0.4) is 0 Å². The van der Waals surface area contributed by atoms with Crippen molar-refractivity contribution in [2.45, 2.75) is 44.6 Å². The van der Waals surface area contributed by atoms with Gasteiger partial charge in [-0.05, 0) is 82.5 Å². The van der Waals surface area contributed by atoms with E-state index < -0.39 is 0 Å². The molecule has 0 unspecified atom stereocenters. The molecule has 4 rings (SSSR count). The van der Waals surface area contributed by atoms with Crippen molar-refractivity contribution in [2.75, 3.05) is 32.7 Å². The summed E-state index contributed by atoms with van der Waals surface area (Å²) >= 11 is 0. The van der Waals surface area contributed by atoms with E-state index in [1.54, 1.807) is 0 Å². The summed E-state index contributed by atoms with van der Waals surface area (Å²) in [4.78, 5) is 5.53. The highest BCUT2D eigenvalue weighted by molar-refractivity contribution is 5.10. The first-order valence-electron chi connectivity index (χ1n) is 8.53. The van der Waals surface area contributed by atoms with E-state index in [9.17, 15) is 0 Å². The predicted molar refractivity (Wildman–Crippen MR) is 79.1 cm³/mol. The zero-order chi connectivity index (χ0) is 12.7. The molecule has 3 fully saturated rings. The zero-order valence-corrected chi connectivity index (χ0v) is 12.1. The number of likely N-dealkylation sites (tertiary alicyclic amines) is 2. The van der Waals surface area contributed by atoms with Crippen LogP contribution in [0, 0.1) is 17.8 Å². The minimum atomic E-state index is 0.915. The van der Waals surface area contributed by atoms with Crippen LogP contribution in [0.2, 0.25) is 0 Å².